The lowest BCUT2D eigenvalue weighted by atomic mass is 10.1. The van der Waals surface area contributed by atoms with Crippen LogP contribution in [0.2, 0.25) is 0 Å². The number of fused-ring (bicyclic) bond motifs is 1. The first-order chi connectivity index (χ1) is 26.0. The van der Waals surface area contributed by atoms with Crippen molar-refractivity contribution in [3.05, 3.63) is 102 Å². The zero-order valence-corrected chi connectivity index (χ0v) is 29.9. The van der Waals surface area contributed by atoms with Gasteiger partial charge in [0.1, 0.15) is 18.0 Å². The minimum atomic E-state index is -0.775. The first-order valence-electron chi connectivity index (χ1n) is 17.3. The number of aryl methyl sites for hydroxylation is 2. The van der Waals surface area contributed by atoms with Crippen molar-refractivity contribution in [3.63, 3.8) is 0 Å². The van der Waals surface area contributed by atoms with E-state index in [9.17, 15) is 24.0 Å². The van der Waals surface area contributed by atoms with Crippen molar-refractivity contribution in [2.75, 3.05) is 68.4 Å². The lowest BCUT2D eigenvalue weighted by Gasteiger charge is -2.34. The average Bonchev–Trinajstić information content (AvgIpc) is 3.72. The monoisotopic (exact) mass is 735 g/mol. The summed E-state index contributed by atoms with van der Waals surface area (Å²) in [7, 11) is 3.36. The minimum Gasteiger partial charge on any atom is -0.448 e. The molecule has 0 aliphatic carbocycles. The van der Waals surface area contributed by atoms with Crippen molar-refractivity contribution in [2.24, 2.45) is 19.8 Å². The summed E-state index contributed by atoms with van der Waals surface area (Å²) in [6.45, 7) is 5.25. The smallest absolute Gasteiger partial charge is 0.404 e. The fourth-order valence-electron chi connectivity index (χ4n) is 6.01. The summed E-state index contributed by atoms with van der Waals surface area (Å²) in [6, 6.07) is 17.2. The van der Waals surface area contributed by atoms with Gasteiger partial charge >= 0.3 is 6.09 Å². The van der Waals surface area contributed by atoms with Gasteiger partial charge in [-0.15, -0.1) is 0 Å². The molecule has 17 nitrogen and oxygen atoms in total. The number of nitrogens with zero attached hydrogens (tertiary/aromatic N) is 6. The standard InChI is InChI=1S/C37H41N11O6/c1-45-22-28(42-34(50)29-19-25-5-3-4-6-26(25)21-40-29)20-30(45)35(51)41-27-9-7-24(8-10-27)33(49)44-31-23-46(2)32(43-31)36(52)39-11-12-47-13-15-48(16-14-47)17-18-54-37(38)53/h3-10,19-23H,11-18H2,1-2H3,(H2,38,53)(H,39,52)(H,41,51)(H,42,50)(H,44,49). The van der Waals surface area contributed by atoms with Crippen LogP contribution in [0.15, 0.2) is 79.3 Å². The van der Waals surface area contributed by atoms with Crippen LogP contribution in [0.5, 0.6) is 0 Å². The number of pyridine rings is 1. The summed E-state index contributed by atoms with van der Waals surface area (Å²) in [5, 5.41) is 13.0. The van der Waals surface area contributed by atoms with Gasteiger partial charge < -0.3 is 40.9 Å². The lowest BCUT2D eigenvalue weighted by molar-refractivity contribution is 0.0895. The van der Waals surface area contributed by atoms with E-state index in [1.807, 2.05) is 24.3 Å². The van der Waals surface area contributed by atoms with Crippen molar-refractivity contribution in [3.8, 4) is 0 Å². The molecule has 1 aliphatic heterocycles. The molecule has 1 saturated heterocycles. The van der Waals surface area contributed by atoms with E-state index in [4.69, 9.17) is 10.5 Å². The minimum absolute atomic E-state index is 0.149. The summed E-state index contributed by atoms with van der Waals surface area (Å²) < 4.78 is 7.93. The second-order valence-corrected chi connectivity index (χ2v) is 12.7. The van der Waals surface area contributed by atoms with Gasteiger partial charge in [0.15, 0.2) is 5.82 Å². The molecule has 2 aromatic carbocycles. The Hall–Kier alpha value is -6.59. The molecule has 54 heavy (non-hydrogen) atoms. The number of nitrogens with two attached hydrogens (primary N) is 1. The number of piperazine rings is 1. The Labute approximate surface area is 310 Å². The van der Waals surface area contributed by atoms with Crippen LogP contribution < -0.4 is 27.0 Å². The van der Waals surface area contributed by atoms with Gasteiger partial charge in [-0.25, -0.2) is 9.78 Å². The van der Waals surface area contributed by atoms with Crippen LogP contribution >= 0.6 is 0 Å². The SMILES string of the molecule is Cn1cc(NC(=O)c2cc3ccccc3cn2)cc1C(=O)Nc1ccc(C(=O)Nc2cn(C)c(C(=O)NCCN3CCN(CCOC(N)=O)CC3)n2)cc1. The molecule has 1 aliphatic rings. The van der Waals surface area contributed by atoms with Gasteiger partial charge in [-0.3, -0.25) is 34.0 Å². The van der Waals surface area contributed by atoms with Gasteiger partial charge in [-0.05, 0) is 41.8 Å². The van der Waals surface area contributed by atoms with E-state index in [2.05, 4.69) is 41.0 Å². The molecular formula is C37H41N11O6. The fraction of sp³-hybridized carbons (Fsp3) is 0.270. The van der Waals surface area contributed by atoms with Gasteiger partial charge in [-0.1, -0.05) is 24.3 Å². The van der Waals surface area contributed by atoms with E-state index in [-0.39, 0.29) is 29.9 Å². The molecule has 0 saturated carbocycles. The highest BCUT2D eigenvalue weighted by molar-refractivity contribution is 6.08. The van der Waals surface area contributed by atoms with E-state index in [0.717, 1.165) is 37.0 Å². The molecule has 5 amide bonds. The average molecular weight is 736 g/mol. The molecule has 280 valence electrons. The number of hydrogen-bond acceptors (Lipinski definition) is 10. The van der Waals surface area contributed by atoms with Gasteiger partial charge in [0.25, 0.3) is 23.6 Å². The molecular weight excluding hydrogens is 694 g/mol. The number of anilines is 3. The lowest BCUT2D eigenvalue weighted by Crippen LogP contribution is -2.49. The Kier molecular flexibility index (Phi) is 11.6. The zero-order chi connectivity index (χ0) is 38.2. The number of benzene rings is 2. The number of primary amides is 1. The molecule has 4 heterocycles. The van der Waals surface area contributed by atoms with E-state index in [0.29, 0.717) is 42.3 Å². The first-order valence-corrected chi connectivity index (χ1v) is 17.3. The zero-order valence-electron chi connectivity index (χ0n) is 29.9. The number of imidazole rings is 1. The number of nitrogens with one attached hydrogen (secondary N) is 4. The maximum absolute atomic E-state index is 13.1. The molecule has 3 aromatic heterocycles. The molecule has 17 heteroatoms. The second-order valence-electron chi connectivity index (χ2n) is 12.7. The fourth-order valence-corrected chi connectivity index (χ4v) is 6.01. The molecule has 1 fully saturated rings. The third-order valence-electron chi connectivity index (χ3n) is 8.92. The summed E-state index contributed by atoms with van der Waals surface area (Å²) in [5.41, 5.74) is 6.76. The van der Waals surface area contributed by atoms with Crippen molar-refractivity contribution in [1.29, 1.82) is 0 Å². The maximum atomic E-state index is 13.1. The highest BCUT2D eigenvalue weighted by Crippen LogP contribution is 2.19. The first kappa shape index (κ1) is 37.2. The Morgan fingerprint density at radius 3 is 2.15 bits per heavy atom. The summed E-state index contributed by atoms with van der Waals surface area (Å²) in [4.78, 5) is 75.5. The number of aromatic nitrogens is 4. The van der Waals surface area contributed by atoms with Crippen LogP contribution in [-0.2, 0) is 18.8 Å². The second kappa shape index (κ2) is 16.8. The van der Waals surface area contributed by atoms with Gasteiger partial charge in [0.05, 0.1) is 5.69 Å². The van der Waals surface area contributed by atoms with Crippen molar-refractivity contribution in [2.45, 2.75) is 0 Å². The molecule has 0 unspecified atom stereocenters. The van der Waals surface area contributed by atoms with Crippen molar-refractivity contribution in [1.82, 2.24) is 34.2 Å². The van der Waals surface area contributed by atoms with E-state index in [1.54, 1.807) is 73.7 Å². The number of hydrogen-bond donors (Lipinski definition) is 5. The molecule has 6 N–H and O–H groups in total. The van der Waals surface area contributed by atoms with Crippen LogP contribution in [0.25, 0.3) is 10.8 Å². The van der Waals surface area contributed by atoms with Crippen molar-refractivity contribution >= 4 is 57.7 Å². The molecule has 0 radical (unpaired) electrons. The predicted molar refractivity (Wildman–Crippen MR) is 201 cm³/mol. The number of ether oxygens (including phenoxy) is 1. The van der Waals surface area contributed by atoms with Crippen LogP contribution in [-0.4, -0.2) is 111 Å². The van der Waals surface area contributed by atoms with E-state index < -0.39 is 23.8 Å². The number of rotatable bonds is 13. The maximum Gasteiger partial charge on any atom is 0.404 e. The summed E-state index contributed by atoms with van der Waals surface area (Å²) in [6.07, 6.45) is 4.05. The normalized spacial score (nSPS) is 13.3. The van der Waals surface area contributed by atoms with Crippen molar-refractivity contribution < 1.29 is 28.7 Å². The van der Waals surface area contributed by atoms with Gasteiger partial charge in [0.2, 0.25) is 5.82 Å². The Bertz CT molecular complexity index is 2170. The molecule has 0 bridgehead atoms. The number of amides is 5. The molecule has 0 atom stereocenters. The summed E-state index contributed by atoms with van der Waals surface area (Å²) >= 11 is 0. The predicted octanol–water partition coefficient (Wildman–Crippen LogP) is 2.51. The number of carbonyl (C=O) groups is 5. The molecule has 6 rings (SSSR count). The Morgan fingerprint density at radius 1 is 0.741 bits per heavy atom. The third kappa shape index (κ3) is 9.44. The quantitative estimate of drug-likeness (QED) is 0.119. The highest BCUT2D eigenvalue weighted by atomic mass is 16.5. The Morgan fingerprint density at radius 2 is 1.43 bits per heavy atom. The molecule has 0 spiro atoms. The van der Waals surface area contributed by atoms with Gasteiger partial charge in [0, 0.05) is 95.1 Å². The van der Waals surface area contributed by atoms with E-state index in [1.165, 1.54) is 4.57 Å². The van der Waals surface area contributed by atoms with E-state index >= 15 is 0 Å². The van der Waals surface area contributed by atoms with Crippen LogP contribution in [0.1, 0.15) is 42.0 Å². The van der Waals surface area contributed by atoms with Crippen LogP contribution in [0.4, 0.5) is 22.0 Å². The summed E-state index contributed by atoms with van der Waals surface area (Å²) in [5.74, 6) is -1.26. The number of carbonyl (C=O) groups excluding carboxylic acids is 5. The topological polar surface area (TPSA) is 211 Å². The largest absolute Gasteiger partial charge is 0.448 e. The van der Waals surface area contributed by atoms with Gasteiger partial charge in [-0.2, -0.15) is 0 Å². The van der Waals surface area contributed by atoms with Crippen LogP contribution in [0.3, 0.4) is 0 Å². The molecule has 5 aromatic rings. The van der Waals surface area contributed by atoms with Crippen LogP contribution in [0, 0.1) is 0 Å². The highest BCUT2D eigenvalue weighted by Gasteiger charge is 2.20. The third-order valence-corrected chi connectivity index (χ3v) is 8.92. The Balaban J connectivity index is 0.954.